The average Bonchev–Trinajstić information content (AvgIpc) is 4.39. The molecule has 2 N–H and O–H groups in total. The molecule has 0 aliphatic carbocycles. The first kappa shape index (κ1) is 63.3. The summed E-state index contributed by atoms with van der Waals surface area (Å²) in [7, 11) is 9.12. The van der Waals surface area contributed by atoms with E-state index in [2.05, 4.69) is 15.1 Å². The van der Waals surface area contributed by atoms with Crippen LogP contribution in [0.4, 0.5) is 11.4 Å². The molecule has 2 aliphatic rings. The number of aliphatic hydroxyl groups excluding tert-OH is 2. The van der Waals surface area contributed by atoms with Crippen LogP contribution in [0.5, 0.6) is 11.5 Å². The minimum absolute atomic E-state index is 0. The number of aromatic nitrogens is 2. The Morgan fingerprint density at radius 1 is 0.630 bits per heavy atom. The van der Waals surface area contributed by atoms with E-state index in [4.69, 9.17) is 37.5 Å². The number of hydrogen-bond donors (Lipinski definition) is 2. The molecule has 2 unspecified atom stereocenters. The summed E-state index contributed by atoms with van der Waals surface area (Å²) in [4.78, 5) is 89.4. The zero-order valence-corrected chi connectivity index (χ0v) is 47.9. The van der Waals surface area contributed by atoms with E-state index in [1.807, 2.05) is 0 Å². The van der Waals surface area contributed by atoms with Crippen LogP contribution in [-0.2, 0) is 57.2 Å². The molecule has 4 aromatic carbocycles. The maximum absolute atomic E-state index is 13.5. The number of methoxy groups -OCH3 is 7. The second-order valence-corrected chi connectivity index (χ2v) is 17.3. The largest absolute Gasteiger partial charge is 1.00 e. The van der Waals surface area contributed by atoms with E-state index < -0.39 is 81.9 Å². The number of aliphatic hydroxyl groups is 2. The van der Waals surface area contributed by atoms with Crippen LogP contribution in [0, 0.1) is 0 Å². The van der Waals surface area contributed by atoms with Gasteiger partial charge in [-0.1, -0.05) is 71.0 Å². The van der Waals surface area contributed by atoms with E-state index >= 15 is 0 Å². The van der Waals surface area contributed by atoms with Gasteiger partial charge in [0.05, 0.1) is 44.6 Å². The number of anilines is 2. The maximum Gasteiger partial charge on any atom is 1.00 e. The summed E-state index contributed by atoms with van der Waals surface area (Å²) < 4.78 is 44.9. The van der Waals surface area contributed by atoms with Gasteiger partial charge in [-0.2, -0.15) is 0 Å². The fourth-order valence-corrected chi connectivity index (χ4v) is 8.28. The van der Waals surface area contributed by atoms with Crippen LogP contribution in [0.3, 0.4) is 0 Å². The van der Waals surface area contributed by atoms with Gasteiger partial charge in [0.25, 0.3) is 17.6 Å². The van der Waals surface area contributed by atoms with Crippen molar-refractivity contribution in [1.29, 1.82) is 0 Å². The van der Waals surface area contributed by atoms with E-state index in [9.17, 15) is 48.9 Å². The van der Waals surface area contributed by atoms with Crippen molar-refractivity contribution in [2.45, 2.75) is 44.4 Å². The molecule has 418 valence electrons. The van der Waals surface area contributed by atoms with Crippen LogP contribution in [0.1, 0.15) is 44.0 Å². The van der Waals surface area contributed by atoms with Gasteiger partial charge in [-0.25, -0.2) is 4.79 Å². The van der Waals surface area contributed by atoms with Crippen molar-refractivity contribution >= 4 is 52.3 Å². The summed E-state index contributed by atoms with van der Waals surface area (Å²) in [5.74, 6) is -10.7. The SMILES string of the molecule is COC(=O)/C([O-])=C/C(=O)C(C)(OC)OC.COc1ccccc1C1C(=C(O)C(C)=O)C(=O)C(=O)N1c1ccc(-c2ccon2)cc1.COc1ccccc1C1C(C(=O)C(C)(OC)OC)=C(O)C(=O)N1c1ccc(-c2ccon2)cc1.[Na+]. The number of Topliss-reactive ketones (excluding diaryl/α,β-unsaturated/α-hetero) is 3. The predicted octanol–water partition coefficient (Wildman–Crippen LogP) is 3.22. The minimum Gasteiger partial charge on any atom is -0.867 e. The van der Waals surface area contributed by atoms with E-state index in [0.29, 0.717) is 51.5 Å². The third kappa shape index (κ3) is 13.2. The molecule has 8 rings (SSSR count). The van der Waals surface area contributed by atoms with Gasteiger partial charge >= 0.3 is 35.5 Å². The molecule has 0 radical (unpaired) electrons. The fraction of sp³-hybridized carbons (Fsp3) is 0.246. The first-order chi connectivity index (χ1) is 38.2. The van der Waals surface area contributed by atoms with Crippen molar-refractivity contribution in [2.75, 3.05) is 59.6 Å². The van der Waals surface area contributed by atoms with Gasteiger partial charge in [0.2, 0.25) is 23.1 Å². The summed E-state index contributed by atoms with van der Waals surface area (Å²) >= 11 is 0. The van der Waals surface area contributed by atoms with Crippen LogP contribution in [-0.4, -0.2) is 123 Å². The third-order valence-electron chi connectivity index (χ3n) is 12.9. The Balaban J connectivity index is 0.000000238. The molecule has 0 bridgehead atoms. The molecule has 2 atom stereocenters. The Kier molecular flexibility index (Phi) is 21.5. The molecule has 1 fully saturated rings. The number of ether oxygens (including phenoxy) is 7. The van der Waals surface area contributed by atoms with Gasteiger partial charge < -0.3 is 57.5 Å². The summed E-state index contributed by atoms with van der Waals surface area (Å²) in [5, 5.41) is 40.1. The van der Waals surface area contributed by atoms with E-state index in [1.54, 1.807) is 109 Å². The number of nitrogens with zero attached hydrogens (tertiary/aromatic N) is 4. The van der Waals surface area contributed by atoms with Crippen LogP contribution in [0.15, 0.2) is 165 Å². The molecular weight excluding hydrogens is 1070 g/mol. The molecule has 23 nitrogen and oxygen atoms in total. The monoisotopic (exact) mass is 1120 g/mol. The molecule has 2 aliphatic heterocycles. The Hall–Kier alpha value is -8.55. The summed E-state index contributed by atoms with van der Waals surface area (Å²) in [6, 6.07) is 28.9. The molecule has 24 heteroatoms. The van der Waals surface area contributed by atoms with Crippen LogP contribution in [0.2, 0.25) is 0 Å². The Labute approximate surface area is 486 Å². The number of benzene rings is 4. The molecule has 0 spiro atoms. The number of allylic oxidation sites excluding steroid dienone is 1. The van der Waals surface area contributed by atoms with Gasteiger partial charge in [-0.15, -0.1) is 0 Å². The van der Waals surface area contributed by atoms with Gasteiger partial charge in [-0.3, -0.25) is 38.6 Å². The van der Waals surface area contributed by atoms with E-state index in [0.717, 1.165) is 25.2 Å². The number of amides is 2. The quantitative estimate of drug-likeness (QED) is 0.0312. The van der Waals surface area contributed by atoms with Crippen molar-refractivity contribution in [3.05, 3.63) is 167 Å². The predicted molar refractivity (Wildman–Crippen MR) is 280 cm³/mol. The molecule has 4 heterocycles. The van der Waals surface area contributed by atoms with Crippen LogP contribution < -0.4 is 53.9 Å². The summed E-state index contributed by atoms with van der Waals surface area (Å²) in [5.41, 5.74) is 4.20. The molecule has 6 aromatic rings. The molecular formula is C57H55N4NaO19. The molecule has 1 saturated heterocycles. The van der Waals surface area contributed by atoms with Gasteiger partial charge in [-0.05, 0) is 62.1 Å². The molecule has 0 saturated carbocycles. The number of esters is 1. The van der Waals surface area contributed by atoms with Gasteiger partial charge in [0, 0.05) is 81.1 Å². The van der Waals surface area contributed by atoms with Crippen molar-refractivity contribution in [1.82, 2.24) is 10.3 Å². The number of hydrogen-bond acceptors (Lipinski definition) is 21. The fourth-order valence-electron chi connectivity index (χ4n) is 8.28. The standard InChI is InChI=1S/C25H24N2O7.C23H18N2O6.C9H14O6.Na/c1-25(32-3,33-4)23(29)20-21(17-7-5-6-8-19(17)31-2)27(24(30)22(20)28)16-11-9-15(10-12-16)18-13-14-34-26-18;1-13(26)21(27)19-20(16-5-3-4-6-18(16)30-2)25(23(29)22(19)28)15-9-7-14(8-10-15)17-11-12-31-24-17;1-9(14-3,15-4)7(11)5-6(10)8(12)13-2;/h5-14,21,28H,1-4H3;3-12,20,27H,1-2H3;5,10H,1-4H3;/q;;;+1/p-1/b;;6-5-;. The Morgan fingerprint density at radius 2 is 1.06 bits per heavy atom. The smallest absolute Gasteiger partial charge is 0.867 e. The Bertz CT molecular complexity index is 3350. The number of ketones is 4. The normalized spacial score (nSPS) is 15.9. The van der Waals surface area contributed by atoms with Crippen molar-refractivity contribution in [2.24, 2.45) is 0 Å². The van der Waals surface area contributed by atoms with Crippen molar-refractivity contribution < 1.29 is 121 Å². The first-order valence-corrected chi connectivity index (χ1v) is 23.8. The zero-order chi connectivity index (χ0) is 58.6. The van der Waals surface area contributed by atoms with E-state index in [1.165, 1.54) is 78.8 Å². The van der Waals surface area contributed by atoms with Crippen LogP contribution in [0.25, 0.3) is 22.5 Å². The Morgan fingerprint density at radius 3 is 1.46 bits per heavy atom. The summed E-state index contributed by atoms with van der Waals surface area (Å²) in [6.07, 6.45) is 3.50. The maximum atomic E-state index is 13.5. The minimum atomic E-state index is -1.71. The molecule has 2 aromatic heterocycles. The average molecular weight is 1120 g/mol. The number of carbonyl (C=O) groups excluding carboxylic acids is 7. The second kappa shape index (κ2) is 27.6. The topological polar surface area (TPSA) is 306 Å². The number of rotatable bonds is 18. The second-order valence-electron chi connectivity index (χ2n) is 17.3. The number of carbonyl (C=O) groups is 7. The third-order valence-corrected chi connectivity index (χ3v) is 12.9. The first-order valence-electron chi connectivity index (χ1n) is 23.8. The van der Waals surface area contributed by atoms with Crippen LogP contribution >= 0.6 is 0 Å². The molecule has 2 amide bonds. The zero-order valence-electron chi connectivity index (χ0n) is 45.9. The van der Waals surface area contributed by atoms with Crippen molar-refractivity contribution in [3.63, 3.8) is 0 Å². The summed E-state index contributed by atoms with van der Waals surface area (Å²) in [6.45, 7) is 3.89. The molecule has 81 heavy (non-hydrogen) atoms. The van der Waals surface area contributed by atoms with Gasteiger partial charge in [0.15, 0.2) is 17.3 Å². The van der Waals surface area contributed by atoms with Gasteiger partial charge in [0.1, 0.15) is 35.4 Å². The number of para-hydroxylation sites is 2. The van der Waals surface area contributed by atoms with Crippen molar-refractivity contribution in [3.8, 4) is 34.0 Å². The van der Waals surface area contributed by atoms with E-state index in [-0.39, 0.29) is 40.7 Å².